The molecule has 0 aliphatic carbocycles. The van der Waals surface area contributed by atoms with E-state index in [0.717, 1.165) is 37.4 Å². The van der Waals surface area contributed by atoms with Crippen molar-refractivity contribution in [2.45, 2.75) is 6.42 Å². The van der Waals surface area contributed by atoms with Crippen molar-refractivity contribution >= 4 is 17.7 Å². The molecule has 1 rings (SSSR count). The molecule has 1 aromatic rings. The van der Waals surface area contributed by atoms with Crippen LogP contribution in [0.5, 0.6) is 5.75 Å². The minimum atomic E-state index is 0.716. The number of ether oxygens (including phenoxy) is 2. The van der Waals surface area contributed by atoms with Gasteiger partial charge in [0.2, 0.25) is 0 Å². The Labute approximate surface area is 114 Å². The van der Waals surface area contributed by atoms with E-state index < -0.39 is 0 Å². The number of halogens is 1. The lowest BCUT2D eigenvalue weighted by molar-refractivity contribution is 0.199. The maximum Gasteiger partial charge on any atom is 0.126 e. The van der Waals surface area contributed by atoms with Crippen LogP contribution in [-0.2, 0) is 4.74 Å². The third-order valence-electron chi connectivity index (χ3n) is 2.46. The summed E-state index contributed by atoms with van der Waals surface area (Å²) >= 11 is 5.96. The summed E-state index contributed by atoms with van der Waals surface area (Å²) in [6, 6.07) is 5.60. The van der Waals surface area contributed by atoms with Crippen molar-refractivity contribution in [3.05, 3.63) is 34.9 Å². The molecule has 0 aliphatic rings. The van der Waals surface area contributed by atoms with E-state index in [9.17, 15) is 0 Å². The molecule has 0 saturated carbocycles. The summed E-state index contributed by atoms with van der Waals surface area (Å²) in [6.07, 6.45) is 5.09. The zero-order chi connectivity index (χ0) is 13.2. The smallest absolute Gasteiger partial charge is 0.126 e. The molecule has 0 radical (unpaired) electrons. The van der Waals surface area contributed by atoms with Gasteiger partial charge in [-0.25, -0.2) is 0 Å². The van der Waals surface area contributed by atoms with E-state index in [1.807, 2.05) is 24.3 Å². The van der Waals surface area contributed by atoms with E-state index in [-0.39, 0.29) is 0 Å². The average molecular weight is 270 g/mol. The number of nitrogens with one attached hydrogen (secondary N) is 1. The minimum absolute atomic E-state index is 0.716. The highest BCUT2D eigenvalue weighted by Gasteiger charge is 1.99. The fourth-order valence-electron chi connectivity index (χ4n) is 1.53. The highest BCUT2D eigenvalue weighted by atomic mass is 35.5. The van der Waals surface area contributed by atoms with Gasteiger partial charge in [0.15, 0.2) is 0 Å². The number of methoxy groups -OCH3 is 2. The molecule has 0 fully saturated rings. The Morgan fingerprint density at radius 3 is 2.83 bits per heavy atom. The van der Waals surface area contributed by atoms with Gasteiger partial charge in [0.05, 0.1) is 13.7 Å². The summed E-state index contributed by atoms with van der Waals surface area (Å²) < 4.78 is 10.2. The van der Waals surface area contributed by atoms with Crippen LogP contribution in [0, 0.1) is 0 Å². The molecule has 0 aromatic heterocycles. The lowest BCUT2D eigenvalue weighted by atomic mass is 10.1. The van der Waals surface area contributed by atoms with Crippen LogP contribution >= 0.6 is 11.6 Å². The van der Waals surface area contributed by atoms with Crippen molar-refractivity contribution < 1.29 is 9.47 Å². The van der Waals surface area contributed by atoms with E-state index in [1.54, 1.807) is 14.2 Å². The molecule has 1 aromatic carbocycles. The Hall–Kier alpha value is -1.03. The molecular weight excluding hydrogens is 250 g/mol. The zero-order valence-electron chi connectivity index (χ0n) is 10.9. The topological polar surface area (TPSA) is 30.5 Å². The first-order chi connectivity index (χ1) is 8.77. The molecule has 0 amide bonds. The van der Waals surface area contributed by atoms with Crippen LogP contribution in [0.3, 0.4) is 0 Å². The molecule has 0 aliphatic heterocycles. The lowest BCUT2D eigenvalue weighted by Crippen LogP contribution is -2.19. The van der Waals surface area contributed by atoms with Crippen molar-refractivity contribution in [2.75, 3.05) is 33.9 Å². The number of hydrogen-bond donors (Lipinski definition) is 1. The minimum Gasteiger partial charge on any atom is -0.496 e. The average Bonchev–Trinajstić information content (AvgIpc) is 2.38. The van der Waals surface area contributed by atoms with E-state index in [0.29, 0.717) is 5.02 Å². The molecule has 1 N–H and O–H groups in total. The molecule has 0 saturated heterocycles. The third kappa shape index (κ3) is 5.54. The lowest BCUT2D eigenvalue weighted by Gasteiger charge is -2.05. The second-order valence-corrected chi connectivity index (χ2v) is 4.26. The molecule has 100 valence electrons. The van der Waals surface area contributed by atoms with Gasteiger partial charge >= 0.3 is 0 Å². The Morgan fingerprint density at radius 2 is 2.11 bits per heavy atom. The predicted octanol–water partition coefficient (Wildman–Crippen LogP) is 2.99. The molecule has 0 bridgehead atoms. The number of benzene rings is 1. The molecule has 3 nitrogen and oxygen atoms in total. The first-order valence-corrected chi connectivity index (χ1v) is 6.35. The summed E-state index contributed by atoms with van der Waals surface area (Å²) in [5, 5.41) is 4.00. The van der Waals surface area contributed by atoms with E-state index in [4.69, 9.17) is 21.1 Å². The number of hydrogen-bond acceptors (Lipinski definition) is 3. The van der Waals surface area contributed by atoms with Crippen molar-refractivity contribution in [3.63, 3.8) is 0 Å². The van der Waals surface area contributed by atoms with Gasteiger partial charge in [-0.1, -0.05) is 23.8 Å². The molecular formula is C14H20ClNO2. The van der Waals surface area contributed by atoms with E-state index in [1.165, 1.54) is 0 Å². The summed E-state index contributed by atoms with van der Waals surface area (Å²) in [5.41, 5.74) is 1.00. The summed E-state index contributed by atoms with van der Waals surface area (Å²) in [7, 11) is 3.36. The SMILES string of the molecule is COCCNCCC=Cc1cc(Cl)ccc1OC. The van der Waals surface area contributed by atoms with Crippen LogP contribution in [0.15, 0.2) is 24.3 Å². The van der Waals surface area contributed by atoms with Crippen LogP contribution in [0.4, 0.5) is 0 Å². The van der Waals surface area contributed by atoms with Crippen LogP contribution in [0.2, 0.25) is 5.02 Å². The van der Waals surface area contributed by atoms with Crippen LogP contribution in [0.1, 0.15) is 12.0 Å². The second kappa shape index (κ2) is 8.97. The highest BCUT2D eigenvalue weighted by Crippen LogP contribution is 2.23. The Kier molecular flexibility index (Phi) is 7.49. The highest BCUT2D eigenvalue weighted by molar-refractivity contribution is 6.30. The molecule has 0 atom stereocenters. The van der Waals surface area contributed by atoms with Crippen LogP contribution in [0.25, 0.3) is 6.08 Å². The van der Waals surface area contributed by atoms with Gasteiger partial charge in [0.1, 0.15) is 5.75 Å². The second-order valence-electron chi connectivity index (χ2n) is 3.82. The molecule has 0 heterocycles. The molecule has 4 heteroatoms. The molecule has 0 unspecified atom stereocenters. The summed E-state index contributed by atoms with van der Waals surface area (Å²) in [4.78, 5) is 0. The maximum absolute atomic E-state index is 5.96. The third-order valence-corrected chi connectivity index (χ3v) is 2.69. The monoisotopic (exact) mass is 269 g/mol. The van der Waals surface area contributed by atoms with Crippen molar-refractivity contribution in [1.82, 2.24) is 5.32 Å². The van der Waals surface area contributed by atoms with Crippen LogP contribution < -0.4 is 10.1 Å². The van der Waals surface area contributed by atoms with Crippen molar-refractivity contribution in [1.29, 1.82) is 0 Å². The fourth-order valence-corrected chi connectivity index (χ4v) is 1.71. The first-order valence-electron chi connectivity index (χ1n) is 5.97. The van der Waals surface area contributed by atoms with E-state index >= 15 is 0 Å². The molecule has 18 heavy (non-hydrogen) atoms. The van der Waals surface area contributed by atoms with Gasteiger partial charge in [-0.05, 0) is 31.2 Å². The van der Waals surface area contributed by atoms with Gasteiger partial charge in [-0.15, -0.1) is 0 Å². The van der Waals surface area contributed by atoms with E-state index in [2.05, 4.69) is 11.4 Å². The first kappa shape index (κ1) is 15.0. The van der Waals surface area contributed by atoms with Gasteiger partial charge in [-0.2, -0.15) is 0 Å². The molecule has 0 spiro atoms. The van der Waals surface area contributed by atoms with Gasteiger partial charge in [-0.3, -0.25) is 0 Å². The van der Waals surface area contributed by atoms with Crippen LogP contribution in [-0.4, -0.2) is 33.9 Å². The fraction of sp³-hybridized carbons (Fsp3) is 0.429. The predicted molar refractivity (Wildman–Crippen MR) is 76.4 cm³/mol. The number of rotatable bonds is 8. The largest absolute Gasteiger partial charge is 0.496 e. The standard InChI is InChI=1S/C14H20ClNO2/c1-17-10-9-16-8-4-3-5-12-11-13(15)6-7-14(12)18-2/h3,5-7,11,16H,4,8-10H2,1-2H3. The zero-order valence-corrected chi connectivity index (χ0v) is 11.7. The van der Waals surface area contributed by atoms with Gasteiger partial charge in [0, 0.05) is 24.2 Å². The quantitative estimate of drug-likeness (QED) is 0.736. The van der Waals surface area contributed by atoms with Gasteiger partial charge < -0.3 is 14.8 Å². The normalized spacial score (nSPS) is 11.1. The Morgan fingerprint density at radius 1 is 1.28 bits per heavy atom. The van der Waals surface area contributed by atoms with Crippen molar-refractivity contribution in [3.8, 4) is 5.75 Å². The summed E-state index contributed by atoms with van der Waals surface area (Å²) in [6.45, 7) is 2.55. The van der Waals surface area contributed by atoms with Gasteiger partial charge in [0.25, 0.3) is 0 Å². The maximum atomic E-state index is 5.96. The Balaban J connectivity index is 2.39. The van der Waals surface area contributed by atoms with Crippen molar-refractivity contribution in [2.24, 2.45) is 0 Å². The Bertz CT molecular complexity index is 380. The summed E-state index contributed by atoms with van der Waals surface area (Å²) in [5.74, 6) is 0.836.